The maximum atomic E-state index is 12.4. The maximum Gasteiger partial charge on any atom is 0.262 e. The third-order valence-corrected chi connectivity index (χ3v) is 4.77. The molecule has 10 nitrogen and oxygen atoms in total. The van der Waals surface area contributed by atoms with Gasteiger partial charge in [0.1, 0.15) is 11.6 Å². The number of hydrogen-bond acceptors (Lipinski definition) is 7. The Balaban J connectivity index is 1.52. The van der Waals surface area contributed by atoms with Crippen LogP contribution in [0.15, 0.2) is 35.1 Å². The zero-order valence-electron chi connectivity index (χ0n) is 15.3. The second-order valence-corrected chi connectivity index (χ2v) is 6.55. The molecule has 1 saturated heterocycles. The summed E-state index contributed by atoms with van der Waals surface area (Å²) in [5.74, 6) is -1.09. The number of morpholine rings is 1. The van der Waals surface area contributed by atoms with E-state index in [9.17, 15) is 19.2 Å². The fraction of sp³-hybridized carbons (Fsp3) is 0.263. The van der Waals surface area contributed by atoms with Gasteiger partial charge in [0.2, 0.25) is 0 Å². The lowest BCUT2D eigenvalue weighted by Gasteiger charge is -2.26. The molecule has 0 spiro atoms. The van der Waals surface area contributed by atoms with E-state index in [2.05, 4.69) is 5.32 Å². The Morgan fingerprint density at radius 2 is 1.79 bits per heavy atom. The highest BCUT2D eigenvalue weighted by atomic mass is 16.5. The highest BCUT2D eigenvalue weighted by Crippen LogP contribution is 2.23. The summed E-state index contributed by atoms with van der Waals surface area (Å²) in [6.07, 6.45) is 0. The number of nitrogens with zero attached hydrogens (tertiary/aromatic N) is 2. The molecule has 3 amide bonds. The largest absolute Gasteiger partial charge is 0.484 e. The standard InChI is InChI=1S/C19H18N4O6/c20-17-16-13(18(26)21-19(16)27)9-14(24)23(17)11-1-3-12(4-2-11)29-10-15(25)22-5-7-28-8-6-22/h1-4,9H,5-8,10,20H2,(H,21,26,27). The fourth-order valence-electron chi connectivity index (χ4n) is 3.29. The molecule has 2 aliphatic heterocycles. The SMILES string of the molecule is Nc1c2c(cc(=O)n1-c1ccc(OCC(=O)N3CCOCC3)cc1)C(=O)NC2=O. The molecule has 0 aliphatic carbocycles. The first-order valence-corrected chi connectivity index (χ1v) is 8.95. The number of anilines is 1. The monoisotopic (exact) mass is 398 g/mol. The number of fused-ring (bicyclic) bond motifs is 1. The van der Waals surface area contributed by atoms with E-state index in [4.69, 9.17) is 15.2 Å². The number of aromatic nitrogens is 1. The Hall–Kier alpha value is -3.66. The molecule has 150 valence electrons. The van der Waals surface area contributed by atoms with Crippen molar-refractivity contribution in [2.75, 3.05) is 38.6 Å². The molecule has 29 heavy (non-hydrogen) atoms. The minimum Gasteiger partial charge on any atom is -0.484 e. The van der Waals surface area contributed by atoms with Crippen molar-refractivity contribution in [3.8, 4) is 11.4 Å². The van der Waals surface area contributed by atoms with Crippen molar-refractivity contribution in [1.29, 1.82) is 0 Å². The predicted molar refractivity (Wildman–Crippen MR) is 101 cm³/mol. The average Bonchev–Trinajstić information content (AvgIpc) is 3.01. The number of pyridine rings is 1. The van der Waals surface area contributed by atoms with E-state index in [1.54, 1.807) is 29.2 Å². The van der Waals surface area contributed by atoms with E-state index in [0.29, 0.717) is 37.7 Å². The van der Waals surface area contributed by atoms with Crippen LogP contribution in [0, 0.1) is 0 Å². The molecule has 3 N–H and O–H groups in total. The van der Waals surface area contributed by atoms with Crippen LogP contribution in [-0.2, 0) is 9.53 Å². The van der Waals surface area contributed by atoms with Gasteiger partial charge in [-0.15, -0.1) is 0 Å². The molecule has 2 aliphatic rings. The van der Waals surface area contributed by atoms with Crippen molar-refractivity contribution >= 4 is 23.5 Å². The summed E-state index contributed by atoms with van der Waals surface area (Å²) in [7, 11) is 0. The van der Waals surface area contributed by atoms with Crippen LogP contribution in [0.5, 0.6) is 5.75 Å². The van der Waals surface area contributed by atoms with Gasteiger partial charge in [-0.1, -0.05) is 0 Å². The van der Waals surface area contributed by atoms with Crippen LogP contribution in [0.1, 0.15) is 20.7 Å². The predicted octanol–water partition coefficient (Wildman–Crippen LogP) is -0.459. The summed E-state index contributed by atoms with van der Waals surface area (Å²) in [5, 5.41) is 2.12. The van der Waals surface area contributed by atoms with Gasteiger partial charge >= 0.3 is 0 Å². The number of nitrogens with two attached hydrogens (primary N) is 1. The van der Waals surface area contributed by atoms with E-state index < -0.39 is 17.4 Å². The van der Waals surface area contributed by atoms with Crippen LogP contribution in [0.25, 0.3) is 5.69 Å². The summed E-state index contributed by atoms with van der Waals surface area (Å²) in [6, 6.07) is 7.41. The number of nitrogens with one attached hydrogen (secondary N) is 1. The Bertz CT molecular complexity index is 1050. The van der Waals surface area contributed by atoms with Crippen molar-refractivity contribution < 1.29 is 23.9 Å². The van der Waals surface area contributed by atoms with Gasteiger partial charge < -0.3 is 20.1 Å². The first-order valence-electron chi connectivity index (χ1n) is 8.95. The highest BCUT2D eigenvalue weighted by molar-refractivity contribution is 6.23. The van der Waals surface area contributed by atoms with Crippen LogP contribution >= 0.6 is 0 Å². The number of hydrogen-bond donors (Lipinski definition) is 2. The van der Waals surface area contributed by atoms with Gasteiger partial charge in [0.05, 0.1) is 30.0 Å². The molecule has 4 rings (SSSR count). The number of imide groups is 1. The van der Waals surface area contributed by atoms with Gasteiger partial charge in [0, 0.05) is 19.2 Å². The number of ether oxygens (including phenoxy) is 2. The molecule has 0 bridgehead atoms. The minimum absolute atomic E-state index is 0.0222. The van der Waals surface area contributed by atoms with Crippen molar-refractivity contribution in [3.63, 3.8) is 0 Å². The van der Waals surface area contributed by atoms with Crippen LogP contribution < -0.4 is 21.3 Å². The quantitative estimate of drug-likeness (QED) is 0.666. The first-order chi connectivity index (χ1) is 14.0. The van der Waals surface area contributed by atoms with Gasteiger partial charge in [0.25, 0.3) is 23.3 Å². The number of rotatable bonds is 4. The van der Waals surface area contributed by atoms with E-state index in [1.807, 2.05) is 0 Å². The van der Waals surface area contributed by atoms with E-state index in [1.165, 1.54) is 0 Å². The molecular weight excluding hydrogens is 380 g/mol. The Morgan fingerprint density at radius 3 is 2.48 bits per heavy atom. The molecule has 1 aromatic carbocycles. The first kappa shape index (κ1) is 18.7. The van der Waals surface area contributed by atoms with E-state index >= 15 is 0 Å². The van der Waals surface area contributed by atoms with Gasteiger partial charge in [-0.2, -0.15) is 0 Å². The topological polar surface area (TPSA) is 133 Å². The molecule has 0 atom stereocenters. The van der Waals surface area contributed by atoms with Gasteiger partial charge in [-0.25, -0.2) is 0 Å². The van der Waals surface area contributed by atoms with Crippen molar-refractivity contribution in [2.45, 2.75) is 0 Å². The van der Waals surface area contributed by atoms with Crippen LogP contribution in [0.2, 0.25) is 0 Å². The van der Waals surface area contributed by atoms with Crippen molar-refractivity contribution in [2.24, 2.45) is 0 Å². The van der Waals surface area contributed by atoms with Crippen LogP contribution in [0.4, 0.5) is 5.82 Å². The fourth-order valence-corrected chi connectivity index (χ4v) is 3.29. The molecule has 3 heterocycles. The smallest absolute Gasteiger partial charge is 0.262 e. The lowest BCUT2D eigenvalue weighted by atomic mass is 10.1. The second-order valence-electron chi connectivity index (χ2n) is 6.55. The highest BCUT2D eigenvalue weighted by Gasteiger charge is 2.31. The van der Waals surface area contributed by atoms with Gasteiger partial charge in [-0.05, 0) is 24.3 Å². The van der Waals surface area contributed by atoms with Crippen molar-refractivity contribution in [1.82, 2.24) is 14.8 Å². The zero-order chi connectivity index (χ0) is 20.5. The maximum absolute atomic E-state index is 12.4. The molecule has 2 aromatic rings. The second kappa shape index (κ2) is 7.40. The third-order valence-electron chi connectivity index (χ3n) is 4.77. The summed E-state index contributed by atoms with van der Waals surface area (Å²) in [6.45, 7) is 2.00. The van der Waals surface area contributed by atoms with E-state index in [-0.39, 0.29) is 29.5 Å². The van der Waals surface area contributed by atoms with Crippen LogP contribution in [0.3, 0.4) is 0 Å². The van der Waals surface area contributed by atoms with Crippen LogP contribution in [-0.4, -0.2) is 60.1 Å². The number of amides is 3. The lowest BCUT2D eigenvalue weighted by molar-refractivity contribution is -0.137. The Kier molecular flexibility index (Phi) is 4.77. The Morgan fingerprint density at radius 1 is 1.10 bits per heavy atom. The Labute approximate surface area is 164 Å². The number of benzene rings is 1. The number of nitrogen functional groups attached to an aromatic ring is 1. The number of carbonyl (C=O) groups is 3. The summed E-state index contributed by atoms with van der Waals surface area (Å²) >= 11 is 0. The average molecular weight is 398 g/mol. The summed E-state index contributed by atoms with van der Waals surface area (Å²) in [5.41, 5.74) is 5.80. The number of carbonyl (C=O) groups excluding carboxylic acids is 3. The molecule has 1 fully saturated rings. The van der Waals surface area contributed by atoms with Gasteiger partial charge in [0.15, 0.2) is 6.61 Å². The molecule has 10 heteroatoms. The van der Waals surface area contributed by atoms with Gasteiger partial charge in [-0.3, -0.25) is 29.1 Å². The van der Waals surface area contributed by atoms with Crippen molar-refractivity contribution in [3.05, 3.63) is 51.8 Å². The minimum atomic E-state index is -0.644. The molecular formula is C19H18N4O6. The summed E-state index contributed by atoms with van der Waals surface area (Å²) in [4.78, 5) is 49.9. The third kappa shape index (κ3) is 3.45. The summed E-state index contributed by atoms with van der Waals surface area (Å²) < 4.78 is 11.9. The molecule has 1 aromatic heterocycles. The molecule has 0 unspecified atom stereocenters. The normalized spacial score (nSPS) is 15.8. The lowest BCUT2D eigenvalue weighted by Crippen LogP contribution is -2.42. The molecule has 0 radical (unpaired) electrons. The van der Waals surface area contributed by atoms with E-state index in [0.717, 1.165) is 10.6 Å². The zero-order valence-corrected chi connectivity index (χ0v) is 15.3. The molecule has 0 saturated carbocycles.